The van der Waals surface area contributed by atoms with Gasteiger partial charge in [-0.2, -0.15) is 0 Å². The minimum absolute atomic E-state index is 0.0280. The van der Waals surface area contributed by atoms with Crippen molar-refractivity contribution >= 4 is 15.9 Å². The lowest BCUT2D eigenvalue weighted by atomic mass is 10.1. The van der Waals surface area contributed by atoms with Gasteiger partial charge in [0.05, 0.1) is 16.4 Å². The lowest BCUT2D eigenvalue weighted by Gasteiger charge is -2.19. The van der Waals surface area contributed by atoms with Crippen molar-refractivity contribution < 1.29 is 8.78 Å². The highest BCUT2D eigenvalue weighted by Crippen LogP contribution is 2.22. The third-order valence-corrected chi connectivity index (χ3v) is 3.18. The predicted molar refractivity (Wildman–Crippen MR) is 75.6 cm³/mol. The molecule has 0 saturated heterocycles. The number of aromatic nitrogens is 3. The molecule has 0 spiro atoms. The standard InChI is InChI=1S/C13H15BrF2N4/c1-13(2,3)17-6-8-7-20(19-18-8)12-5-10(15)9(14)4-11(12)16/h4-5,7,17H,6H2,1-3H3. The van der Waals surface area contributed by atoms with Gasteiger partial charge in [0.25, 0.3) is 0 Å². The van der Waals surface area contributed by atoms with Crippen molar-refractivity contribution in [2.45, 2.75) is 32.9 Å². The van der Waals surface area contributed by atoms with E-state index in [4.69, 9.17) is 0 Å². The van der Waals surface area contributed by atoms with Crippen LogP contribution in [0.1, 0.15) is 26.5 Å². The third kappa shape index (κ3) is 3.61. The molecule has 4 nitrogen and oxygen atoms in total. The summed E-state index contributed by atoms with van der Waals surface area (Å²) in [5, 5.41) is 11.0. The fraction of sp³-hybridized carbons (Fsp3) is 0.385. The molecule has 1 heterocycles. The second-order valence-electron chi connectivity index (χ2n) is 5.48. The molecule has 20 heavy (non-hydrogen) atoms. The Morgan fingerprint density at radius 2 is 1.95 bits per heavy atom. The van der Waals surface area contributed by atoms with Gasteiger partial charge in [0, 0.05) is 18.2 Å². The van der Waals surface area contributed by atoms with Crippen molar-refractivity contribution in [2.24, 2.45) is 0 Å². The van der Waals surface area contributed by atoms with E-state index < -0.39 is 11.6 Å². The predicted octanol–water partition coefficient (Wildman–Crippen LogP) is 3.20. The molecule has 0 fully saturated rings. The van der Waals surface area contributed by atoms with Crippen LogP contribution >= 0.6 is 15.9 Å². The van der Waals surface area contributed by atoms with E-state index in [1.807, 2.05) is 20.8 Å². The molecule has 0 aliphatic heterocycles. The van der Waals surface area contributed by atoms with E-state index in [2.05, 4.69) is 31.6 Å². The van der Waals surface area contributed by atoms with Crippen molar-refractivity contribution in [3.05, 3.63) is 40.1 Å². The first-order chi connectivity index (χ1) is 9.26. The number of rotatable bonds is 3. The summed E-state index contributed by atoms with van der Waals surface area (Å²) in [6.45, 7) is 6.59. The molecular formula is C13H15BrF2N4. The van der Waals surface area contributed by atoms with E-state index in [1.54, 1.807) is 6.20 Å². The average Bonchev–Trinajstić information content (AvgIpc) is 2.79. The zero-order valence-electron chi connectivity index (χ0n) is 11.4. The van der Waals surface area contributed by atoms with Crippen LogP contribution in [0.15, 0.2) is 22.8 Å². The Morgan fingerprint density at radius 3 is 2.60 bits per heavy atom. The Labute approximate surface area is 124 Å². The quantitative estimate of drug-likeness (QED) is 0.869. The molecule has 1 aromatic carbocycles. The van der Waals surface area contributed by atoms with Crippen LogP contribution in [0.25, 0.3) is 5.69 Å². The van der Waals surface area contributed by atoms with Crippen LogP contribution in [-0.2, 0) is 6.54 Å². The van der Waals surface area contributed by atoms with E-state index in [-0.39, 0.29) is 15.7 Å². The van der Waals surface area contributed by atoms with Gasteiger partial charge in [0.1, 0.15) is 17.3 Å². The molecule has 0 aliphatic carbocycles. The molecule has 0 unspecified atom stereocenters. The van der Waals surface area contributed by atoms with Gasteiger partial charge in [-0.25, -0.2) is 13.5 Å². The number of benzene rings is 1. The van der Waals surface area contributed by atoms with Gasteiger partial charge < -0.3 is 5.32 Å². The van der Waals surface area contributed by atoms with Gasteiger partial charge in [-0.15, -0.1) is 5.10 Å². The third-order valence-electron chi connectivity index (χ3n) is 2.58. The van der Waals surface area contributed by atoms with Crippen LogP contribution in [0.4, 0.5) is 8.78 Å². The summed E-state index contributed by atoms with van der Waals surface area (Å²) in [7, 11) is 0. The summed E-state index contributed by atoms with van der Waals surface area (Å²) < 4.78 is 28.6. The van der Waals surface area contributed by atoms with Crippen LogP contribution < -0.4 is 5.32 Å². The molecular weight excluding hydrogens is 330 g/mol. The SMILES string of the molecule is CC(C)(C)NCc1cn(-c2cc(F)c(Br)cc2F)nn1. The highest BCUT2D eigenvalue weighted by molar-refractivity contribution is 9.10. The highest BCUT2D eigenvalue weighted by atomic mass is 79.9. The summed E-state index contributed by atoms with van der Waals surface area (Å²) in [5.41, 5.74) is 0.626. The van der Waals surface area contributed by atoms with Gasteiger partial charge >= 0.3 is 0 Å². The molecule has 0 atom stereocenters. The first-order valence-electron chi connectivity index (χ1n) is 6.07. The number of hydrogen-bond acceptors (Lipinski definition) is 3. The van der Waals surface area contributed by atoms with Gasteiger partial charge in [-0.05, 0) is 42.8 Å². The molecule has 0 amide bonds. The van der Waals surface area contributed by atoms with Crippen molar-refractivity contribution in [3.8, 4) is 5.69 Å². The fourth-order valence-electron chi connectivity index (χ4n) is 1.54. The lowest BCUT2D eigenvalue weighted by molar-refractivity contribution is 0.421. The highest BCUT2D eigenvalue weighted by Gasteiger charge is 2.13. The molecule has 1 N–H and O–H groups in total. The summed E-state index contributed by atoms with van der Waals surface area (Å²) in [6.07, 6.45) is 1.57. The van der Waals surface area contributed by atoms with Gasteiger partial charge in [0.15, 0.2) is 0 Å². The zero-order chi connectivity index (χ0) is 14.9. The second-order valence-corrected chi connectivity index (χ2v) is 6.33. The number of nitrogens with one attached hydrogen (secondary N) is 1. The maximum Gasteiger partial charge on any atom is 0.150 e. The fourth-order valence-corrected chi connectivity index (χ4v) is 1.86. The first kappa shape index (κ1) is 15.1. The monoisotopic (exact) mass is 344 g/mol. The van der Waals surface area contributed by atoms with E-state index in [0.717, 1.165) is 12.1 Å². The second kappa shape index (κ2) is 5.57. The van der Waals surface area contributed by atoms with Crippen LogP contribution in [0, 0.1) is 11.6 Å². The summed E-state index contributed by atoms with van der Waals surface area (Å²) >= 11 is 2.93. The Hall–Kier alpha value is -1.34. The van der Waals surface area contributed by atoms with Crippen LogP contribution in [0.5, 0.6) is 0 Å². The Bertz CT molecular complexity index is 619. The zero-order valence-corrected chi connectivity index (χ0v) is 13.0. The van der Waals surface area contributed by atoms with Gasteiger partial charge in [-0.3, -0.25) is 0 Å². The minimum atomic E-state index is -0.571. The lowest BCUT2D eigenvalue weighted by Crippen LogP contribution is -2.35. The average molecular weight is 345 g/mol. The smallest absolute Gasteiger partial charge is 0.150 e. The molecule has 108 valence electrons. The molecule has 0 aliphatic rings. The van der Waals surface area contributed by atoms with Crippen molar-refractivity contribution in [1.82, 2.24) is 20.3 Å². The maximum absolute atomic E-state index is 13.8. The Morgan fingerprint density at radius 1 is 1.25 bits per heavy atom. The largest absolute Gasteiger partial charge is 0.306 e. The topological polar surface area (TPSA) is 42.7 Å². The first-order valence-corrected chi connectivity index (χ1v) is 6.87. The van der Waals surface area contributed by atoms with E-state index in [1.165, 1.54) is 4.68 Å². The van der Waals surface area contributed by atoms with E-state index >= 15 is 0 Å². The van der Waals surface area contributed by atoms with Crippen molar-refractivity contribution in [1.29, 1.82) is 0 Å². The van der Waals surface area contributed by atoms with Crippen LogP contribution in [-0.4, -0.2) is 20.5 Å². The number of halogens is 3. The molecule has 0 bridgehead atoms. The summed E-state index contributed by atoms with van der Waals surface area (Å²) in [6, 6.07) is 2.15. The van der Waals surface area contributed by atoms with E-state index in [0.29, 0.717) is 12.2 Å². The van der Waals surface area contributed by atoms with Crippen molar-refractivity contribution in [3.63, 3.8) is 0 Å². The molecule has 7 heteroatoms. The molecule has 1 aromatic heterocycles. The Balaban J connectivity index is 2.23. The van der Waals surface area contributed by atoms with Gasteiger partial charge in [0.2, 0.25) is 0 Å². The Kier molecular flexibility index (Phi) is 4.19. The number of hydrogen-bond donors (Lipinski definition) is 1. The van der Waals surface area contributed by atoms with Crippen LogP contribution in [0.2, 0.25) is 0 Å². The minimum Gasteiger partial charge on any atom is -0.306 e. The molecule has 0 radical (unpaired) electrons. The molecule has 0 saturated carbocycles. The summed E-state index contributed by atoms with van der Waals surface area (Å²) in [5.74, 6) is -1.12. The number of nitrogens with zero attached hydrogens (tertiary/aromatic N) is 3. The van der Waals surface area contributed by atoms with Crippen LogP contribution in [0.3, 0.4) is 0 Å². The van der Waals surface area contributed by atoms with E-state index in [9.17, 15) is 8.78 Å². The normalized spacial score (nSPS) is 11.9. The maximum atomic E-state index is 13.8. The molecule has 2 rings (SSSR count). The molecule has 2 aromatic rings. The van der Waals surface area contributed by atoms with Gasteiger partial charge in [-0.1, -0.05) is 5.21 Å². The summed E-state index contributed by atoms with van der Waals surface area (Å²) in [4.78, 5) is 0. The van der Waals surface area contributed by atoms with Crippen molar-refractivity contribution in [2.75, 3.05) is 0 Å².